The molecule has 3 rings (SSSR count). The average molecular weight is 194 g/mol. The van der Waals surface area contributed by atoms with E-state index in [0.717, 1.165) is 19.6 Å². The van der Waals surface area contributed by atoms with E-state index in [-0.39, 0.29) is 0 Å². The van der Waals surface area contributed by atoms with Crippen molar-refractivity contribution < 1.29 is 4.79 Å². The van der Waals surface area contributed by atoms with Crippen LogP contribution in [0.1, 0.15) is 12.8 Å². The van der Waals surface area contributed by atoms with Gasteiger partial charge < -0.3 is 4.90 Å². The molecule has 2 bridgehead atoms. The van der Waals surface area contributed by atoms with Crippen LogP contribution in [0, 0.1) is 11.8 Å². The first kappa shape index (κ1) is 8.86. The molecular formula is C11H18N2O. The van der Waals surface area contributed by atoms with Gasteiger partial charge in [0.2, 0.25) is 0 Å². The van der Waals surface area contributed by atoms with Gasteiger partial charge in [-0.1, -0.05) is 0 Å². The van der Waals surface area contributed by atoms with E-state index in [9.17, 15) is 4.79 Å². The van der Waals surface area contributed by atoms with Gasteiger partial charge in [-0.3, -0.25) is 9.69 Å². The van der Waals surface area contributed by atoms with Gasteiger partial charge in [0.25, 0.3) is 0 Å². The van der Waals surface area contributed by atoms with Crippen molar-refractivity contribution in [1.82, 2.24) is 9.80 Å². The number of nitrogens with zero attached hydrogens (tertiary/aromatic N) is 2. The third-order valence-corrected chi connectivity index (χ3v) is 4.14. The van der Waals surface area contributed by atoms with Crippen molar-refractivity contribution in [3.63, 3.8) is 0 Å². The number of carbonyl (C=O) groups excluding carboxylic acids is 1. The van der Waals surface area contributed by atoms with Crippen LogP contribution in [0.2, 0.25) is 0 Å². The van der Waals surface area contributed by atoms with Gasteiger partial charge in [-0.15, -0.1) is 0 Å². The summed E-state index contributed by atoms with van der Waals surface area (Å²) in [6, 6.07) is 0.585. The molecule has 0 amide bonds. The summed E-state index contributed by atoms with van der Waals surface area (Å²) in [7, 11) is 2.15. The summed E-state index contributed by atoms with van der Waals surface area (Å²) in [5.41, 5.74) is 0. The molecule has 3 atom stereocenters. The molecule has 14 heavy (non-hydrogen) atoms. The van der Waals surface area contributed by atoms with E-state index in [4.69, 9.17) is 0 Å². The molecule has 3 heterocycles. The molecule has 78 valence electrons. The number of fused-ring (bicyclic) bond motifs is 4. The highest BCUT2D eigenvalue weighted by Crippen LogP contribution is 2.35. The first-order valence-electron chi connectivity index (χ1n) is 5.72. The standard InChI is InChI=1S/C11H18N2O/c1-12-5-8-6-13-4-2-3-10(13)9(7-12)11(8)14/h8-10H,2-7H2,1H3/t8-,9+,10-/m0/s1. The minimum absolute atomic E-state index is 0.313. The normalized spacial score (nSPS) is 44.1. The summed E-state index contributed by atoms with van der Waals surface area (Å²) in [5, 5.41) is 0. The predicted molar refractivity (Wildman–Crippen MR) is 54.1 cm³/mol. The van der Waals surface area contributed by atoms with Crippen LogP contribution >= 0.6 is 0 Å². The van der Waals surface area contributed by atoms with Crippen molar-refractivity contribution in [3.05, 3.63) is 0 Å². The molecule has 0 aromatic carbocycles. The number of rotatable bonds is 0. The Morgan fingerprint density at radius 2 is 2.14 bits per heavy atom. The van der Waals surface area contributed by atoms with E-state index in [2.05, 4.69) is 16.8 Å². The largest absolute Gasteiger partial charge is 0.305 e. The molecule has 0 radical (unpaired) electrons. The average Bonchev–Trinajstić information content (AvgIpc) is 2.56. The SMILES string of the molecule is CN1C[C@H]2CN3CCC[C@H]3[C@@H](C1)C2=O. The first-order valence-corrected chi connectivity index (χ1v) is 5.72. The summed E-state index contributed by atoms with van der Waals surface area (Å²) in [6.07, 6.45) is 2.54. The summed E-state index contributed by atoms with van der Waals surface area (Å²) < 4.78 is 0. The number of ketones is 1. The van der Waals surface area contributed by atoms with Crippen molar-refractivity contribution >= 4 is 5.78 Å². The topological polar surface area (TPSA) is 23.6 Å². The smallest absolute Gasteiger partial charge is 0.144 e. The van der Waals surface area contributed by atoms with E-state index in [1.807, 2.05) is 0 Å². The predicted octanol–water partition coefficient (Wildman–Crippen LogP) is 0.211. The van der Waals surface area contributed by atoms with E-state index in [0.29, 0.717) is 23.7 Å². The molecular weight excluding hydrogens is 176 g/mol. The number of hydrogen-bond donors (Lipinski definition) is 0. The summed E-state index contributed by atoms with van der Waals surface area (Å²) in [6.45, 7) is 4.24. The zero-order chi connectivity index (χ0) is 9.71. The summed E-state index contributed by atoms with van der Waals surface area (Å²) in [5.74, 6) is 1.20. The van der Waals surface area contributed by atoms with Gasteiger partial charge in [-0.25, -0.2) is 0 Å². The van der Waals surface area contributed by atoms with Crippen LogP contribution in [-0.4, -0.2) is 54.9 Å². The maximum Gasteiger partial charge on any atom is 0.144 e. The second-order valence-corrected chi connectivity index (χ2v) is 5.13. The van der Waals surface area contributed by atoms with Crippen molar-refractivity contribution in [1.29, 1.82) is 0 Å². The Bertz CT molecular complexity index is 266. The zero-order valence-corrected chi connectivity index (χ0v) is 8.78. The third kappa shape index (κ3) is 1.15. The van der Waals surface area contributed by atoms with Gasteiger partial charge in [-0.2, -0.15) is 0 Å². The Hall–Kier alpha value is -0.410. The van der Waals surface area contributed by atoms with Crippen LogP contribution in [0.4, 0.5) is 0 Å². The summed E-state index contributed by atoms with van der Waals surface area (Å²) >= 11 is 0. The van der Waals surface area contributed by atoms with Crippen LogP contribution in [0.25, 0.3) is 0 Å². The highest BCUT2D eigenvalue weighted by Gasteiger charge is 2.47. The van der Waals surface area contributed by atoms with Crippen LogP contribution in [0.15, 0.2) is 0 Å². The highest BCUT2D eigenvalue weighted by molar-refractivity contribution is 5.86. The van der Waals surface area contributed by atoms with E-state index in [1.165, 1.54) is 19.4 Å². The van der Waals surface area contributed by atoms with E-state index < -0.39 is 0 Å². The minimum Gasteiger partial charge on any atom is -0.305 e. The molecule has 0 spiro atoms. The Labute approximate surface area is 85.1 Å². The van der Waals surface area contributed by atoms with Crippen LogP contribution < -0.4 is 0 Å². The fourth-order valence-electron chi connectivity index (χ4n) is 3.55. The minimum atomic E-state index is 0.313. The van der Waals surface area contributed by atoms with Gasteiger partial charge in [0.15, 0.2) is 0 Å². The number of Topliss-reactive ketones (excluding diaryl/α,β-unsaturated/α-hetero) is 1. The maximum absolute atomic E-state index is 12.0. The van der Waals surface area contributed by atoms with Crippen molar-refractivity contribution in [2.75, 3.05) is 33.2 Å². The zero-order valence-electron chi connectivity index (χ0n) is 8.78. The van der Waals surface area contributed by atoms with Gasteiger partial charge >= 0.3 is 0 Å². The molecule has 3 heteroatoms. The van der Waals surface area contributed by atoms with Crippen LogP contribution in [0.3, 0.4) is 0 Å². The second kappa shape index (κ2) is 3.04. The molecule has 0 aromatic rings. The lowest BCUT2D eigenvalue weighted by Crippen LogP contribution is -2.60. The highest BCUT2D eigenvalue weighted by atomic mass is 16.1. The number of likely N-dealkylation sites (tertiary alicyclic amines) is 1. The van der Waals surface area contributed by atoms with E-state index >= 15 is 0 Å². The second-order valence-electron chi connectivity index (χ2n) is 5.13. The Kier molecular flexibility index (Phi) is 1.92. The Balaban J connectivity index is 1.88. The van der Waals surface area contributed by atoms with Crippen LogP contribution in [-0.2, 0) is 4.79 Å². The molecule has 0 N–H and O–H groups in total. The Morgan fingerprint density at radius 3 is 3.00 bits per heavy atom. The molecule has 3 aliphatic rings. The molecule has 3 nitrogen and oxygen atoms in total. The van der Waals surface area contributed by atoms with Gasteiger partial charge in [0, 0.05) is 37.5 Å². The molecule has 0 aromatic heterocycles. The monoisotopic (exact) mass is 194 g/mol. The number of hydrogen-bond acceptors (Lipinski definition) is 3. The Morgan fingerprint density at radius 1 is 1.29 bits per heavy atom. The number of piperidine rings is 2. The van der Waals surface area contributed by atoms with E-state index in [1.54, 1.807) is 0 Å². The maximum atomic E-state index is 12.0. The molecule has 0 saturated carbocycles. The lowest BCUT2D eigenvalue weighted by atomic mass is 9.78. The first-order chi connectivity index (χ1) is 6.75. The fraction of sp³-hybridized carbons (Fsp3) is 0.909. The fourth-order valence-corrected chi connectivity index (χ4v) is 3.55. The molecule has 0 aliphatic carbocycles. The molecule has 3 fully saturated rings. The van der Waals surface area contributed by atoms with Crippen molar-refractivity contribution in [2.24, 2.45) is 11.8 Å². The van der Waals surface area contributed by atoms with Gasteiger partial charge in [0.05, 0.1) is 0 Å². The molecule has 3 saturated heterocycles. The quantitative estimate of drug-likeness (QED) is 0.551. The third-order valence-electron chi connectivity index (χ3n) is 4.14. The van der Waals surface area contributed by atoms with Gasteiger partial charge in [-0.05, 0) is 26.4 Å². The van der Waals surface area contributed by atoms with Crippen LogP contribution in [0.5, 0.6) is 0 Å². The van der Waals surface area contributed by atoms with Crippen molar-refractivity contribution in [2.45, 2.75) is 18.9 Å². The molecule has 0 unspecified atom stereocenters. The lowest BCUT2D eigenvalue weighted by Gasteiger charge is -2.46. The molecule has 3 aliphatic heterocycles. The number of carbonyl (C=O) groups is 1. The van der Waals surface area contributed by atoms with Crippen molar-refractivity contribution in [3.8, 4) is 0 Å². The lowest BCUT2D eigenvalue weighted by molar-refractivity contribution is -0.139. The van der Waals surface area contributed by atoms with Gasteiger partial charge in [0.1, 0.15) is 5.78 Å². The summed E-state index contributed by atoms with van der Waals surface area (Å²) in [4.78, 5) is 16.9.